The van der Waals surface area contributed by atoms with E-state index in [-0.39, 0.29) is 29.4 Å². The molecule has 1 aromatic carbocycles. The van der Waals surface area contributed by atoms with Gasteiger partial charge in [-0.2, -0.15) is 0 Å². The monoisotopic (exact) mass is 503 g/mol. The van der Waals surface area contributed by atoms with Gasteiger partial charge in [-0.1, -0.05) is 32.4 Å². The zero-order valence-corrected chi connectivity index (χ0v) is 20.5. The third-order valence-electron chi connectivity index (χ3n) is 5.73. The Labute approximate surface area is 188 Å². The SMILES string of the molecule is CCNC(=NCC(C)(C)c1ccc(OC)cc1)NCC1(CCOC)CCC1.I. The van der Waals surface area contributed by atoms with Gasteiger partial charge >= 0.3 is 0 Å². The van der Waals surface area contributed by atoms with Gasteiger partial charge in [0.1, 0.15) is 5.75 Å². The van der Waals surface area contributed by atoms with Gasteiger partial charge in [0, 0.05) is 32.2 Å². The van der Waals surface area contributed by atoms with Crippen LogP contribution >= 0.6 is 24.0 Å². The van der Waals surface area contributed by atoms with Crippen LogP contribution in [-0.2, 0) is 10.2 Å². The molecule has 0 spiro atoms. The first-order chi connectivity index (χ1) is 12.9. The molecule has 0 atom stereocenters. The molecule has 28 heavy (non-hydrogen) atoms. The smallest absolute Gasteiger partial charge is 0.191 e. The number of halogens is 1. The number of hydrogen-bond acceptors (Lipinski definition) is 3. The Balaban J connectivity index is 0.00000392. The topological polar surface area (TPSA) is 54.9 Å². The van der Waals surface area contributed by atoms with Gasteiger partial charge in [-0.25, -0.2) is 0 Å². The molecule has 1 fully saturated rings. The largest absolute Gasteiger partial charge is 0.497 e. The molecular weight excluding hydrogens is 465 g/mol. The van der Waals surface area contributed by atoms with Crippen molar-refractivity contribution in [2.24, 2.45) is 10.4 Å². The first-order valence-electron chi connectivity index (χ1n) is 10.1. The van der Waals surface area contributed by atoms with E-state index in [1.165, 1.54) is 24.8 Å². The Morgan fingerprint density at radius 2 is 1.82 bits per heavy atom. The maximum atomic E-state index is 5.30. The Morgan fingerprint density at radius 1 is 1.14 bits per heavy atom. The normalized spacial score (nSPS) is 16.0. The molecule has 2 rings (SSSR count). The van der Waals surface area contributed by atoms with Crippen LogP contribution in [0, 0.1) is 5.41 Å². The molecule has 5 nitrogen and oxygen atoms in total. The molecule has 1 aliphatic carbocycles. The van der Waals surface area contributed by atoms with Crippen LogP contribution < -0.4 is 15.4 Å². The molecule has 1 aliphatic rings. The van der Waals surface area contributed by atoms with Crippen LogP contribution in [0.15, 0.2) is 29.3 Å². The lowest BCUT2D eigenvalue weighted by Gasteiger charge is -2.42. The average molecular weight is 503 g/mol. The second-order valence-corrected chi connectivity index (χ2v) is 8.26. The molecule has 0 aromatic heterocycles. The number of aliphatic imine (C=N–C) groups is 1. The molecule has 0 aliphatic heterocycles. The van der Waals surface area contributed by atoms with Gasteiger partial charge in [0.25, 0.3) is 0 Å². The lowest BCUT2D eigenvalue weighted by atomic mass is 9.67. The van der Waals surface area contributed by atoms with E-state index in [0.717, 1.165) is 44.4 Å². The van der Waals surface area contributed by atoms with Crippen LogP contribution in [0.4, 0.5) is 0 Å². The van der Waals surface area contributed by atoms with Crippen molar-refractivity contribution in [2.75, 3.05) is 40.5 Å². The summed E-state index contributed by atoms with van der Waals surface area (Å²) in [6, 6.07) is 8.28. The van der Waals surface area contributed by atoms with Crippen molar-refractivity contribution in [1.82, 2.24) is 10.6 Å². The van der Waals surface area contributed by atoms with E-state index >= 15 is 0 Å². The molecule has 6 heteroatoms. The maximum Gasteiger partial charge on any atom is 0.191 e. The summed E-state index contributed by atoms with van der Waals surface area (Å²) in [5.74, 6) is 1.79. The second-order valence-electron chi connectivity index (χ2n) is 8.26. The van der Waals surface area contributed by atoms with Crippen LogP contribution in [0.5, 0.6) is 5.75 Å². The molecule has 0 saturated heterocycles. The van der Waals surface area contributed by atoms with Gasteiger partial charge < -0.3 is 20.1 Å². The number of ether oxygens (including phenoxy) is 2. The number of methoxy groups -OCH3 is 2. The van der Waals surface area contributed by atoms with E-state index in [1.54, 1.807) is 14.2 Å². The van der Waals surface area contributed by atoms with Gasteiger partial charge in [0.2, 0.25) is 0 Å². The summed E-state index contributed by atoms with van der Waals surface area (Å²) in [5, 5.41) is 6.97. The lowest BCUT2D eigenvalue weighted by molar-refractivity contribution is 0.0732. The van der Waals surface area contributed by atoms with Crippen LogP contribution in [-0.4, -0.2) is 46.4 Å². The number of rotatable bonds is 10. The minimum absolute atomic E-state index is 0. The van der Waals surface area contributed by atoms with Gasteiger partial charge in [-0.15, -0.1) is 24.0 Å². The average Bonchev–Trinajstić information content (AvgIpc) is 2.65. The first kappa shape index (κ1) is 25.0. The van der Waals surface area contributed by atoms with Gasteiger partial charge in [0.05, 0.1) is 13.7 Å². The predicted octanol–water partition coefficient (Wildman–Crippen LogP) is 4.35. The van der Waals surface area contributed by atoms with E-state index in [0.29, 0.717) is 5.41 Å². The fraction of sp³-hybridized carbons (Fsp3) is 0.682. The third-order valence-corrected chi connectivity index (χ3v) is 5.73. The van der Waals surface area contributed by atoms with Crippen molar-refractivity contribution in [3.63, 3.8) is 0 Å². The highest BCUT2D eigenvalue weighted by atomic mass is 127. The number of benzene rings is 1. The molecule has 2 N–H and O–H groups in total. The summed E-state index contributed by atoms with van der Waals surface area (Å²) in [4.78, 5) is 4.88. The third kappa shape index (κ3) is 7.10. The minimum Gasteiger partial charge on any atom is -0.497 e. The van der Waals surface area contributed by atoms with E-state index in [9.17, 15) is 0 Å². The minimum atomic E-state index is -0.0428. The summed E-state index contributed by atoms with van der Waals surface area (Å²) in [7, 11) is 3.48. The van der Waals surface area contributed by atoms with Crippen molar-refractivity contribution in [3.8, 4) is 5.75 Å². The second kappa shape index (κ2) is 11.9. The van der Waals surface area contributed by atoms with Gasteiger partial charge in [0.15, 0.2) is 5.96 Å². The Morgan fingerprint density at radius 3 is 2.32 bits per heavy atom. The predicted molar refractivity (Wildman–Crippen MR) is 128 cm³/mol. The summed E-state index contributed by atoms with van der Waals surface area (Å²) in [6.45, 7) is 9.95. The van der Waals surface area contributed by atoms with E-state index in [1.807, 2.05) is 12.1 Å². The van der Waals surface area contributed by atoms with Crippen molar-refractivity contribution < 1.29 is 9.47 Å². The number of hydrogen-bond donors (Lipinski definition) is 2. The highest BCUT2D eigenvalue weighted by molar-refractivity contribution is 14.0. The summed E-state index contributed by atoms with van der Waals surface area (Å²) >= 11 is 0. The summed E-state index contributed by atoms with van der Waals surface area (Å²) < 4.78 is 10.6. The maximum absolute atomic E-state index is 5.30. The van der Waals surface area contributed by atoms with Crippen molar-refractivity contribution in [3.05, 3.63) is 29.8 Å². The molecule has 0 amide bonds. The van der Waals surface area contributed by atoms with Crippen LogP contribution in [0.1, 0.15) is 52.0 Å². The summed E-state index contributed by atoms with van der Waals surface area (Å²) in [6.07, 6.45) is 5.00. The molecule has 1 aromatic rings. The van der Waals surface area contributed by atoms with Crippen molar-refractivity contribution >= 4 is 29.9 Å². The molecule has 160 valence electrons. The first-order valence-corrected chi connectivity index (χ1v) is 10.1. The highest BCUT2D eigenvalue weighted by Crippen LogP contribution is 2.43. The molecule has 0 radical (unpaired) electrons. The van der Waals surface area contributed by atoms with Gasteiger partial charge in [-0.3, -0.25) is 4.99 Å². The van der Waals surface area contributed by atoms with Gasteiger partial charge in [-0.05, 0) is 49.3 Å². The fourth-order valence-corrected chi connectivity index (χ4v) is 3.53. The number of nitrogens with zero attached hydrogens (tertiary/aromatic N) is 1. The van der Waals surface area contributed by atoms with Crippen LogP contribution in [0.25, 0.3) is 0 Å². The zero-order valence-electron chi connectivity index (χ0n) is 18.1. The molecule has 0 heterocycles. The molecule has 0 bridgehead atoms. The Hall–Kier alpha value is -1.02. The number of nitrogens with one attached hydrogen (secondary N) is 2. The van der Waals surface area contributed by atoms with Crippen LogP contribution in [0.2, 0.25) is 0 Å². The van der Waals surface area contributed by atoms with E-state index < -0.39 is 0 Å². The Bertz CT molecular complexity index is 598. The lowest BCUT2D eigenvalue weighted by Crippen LogP contribution is -2.47. The van der Waals surface area contributed by atoms with Crippen molar-refractivity contribution in [1.29, 1.82) is 0 Å². The molecule has 0 unspecified atom stereocenters. The zero-order chi connectivity index (χ0) is 19.8. The quantitative estimate of drug-likeness (QED) is 0.283. The fourth-order valence-electron chi connectivity index (χ4n) is 3.53. The van der Waals surface area contributed by atoms with E-state index in [4.69, 9.17) is 14.5 Å². The van der Waals surface area contributed by atoms with Crippen molar-refractivity contribution in [2.45, 2.75) is 51.9 Å². The highest BCUT2D eigenvalue weighted by Gasteiger charge is 2.36. The molecular formula is C22H38IN3O2. The Kier molecular flexibility index (Phi) is 10.6. The van der Waals surface area contributed by atoms with E-state index in [2.05, 4.69) is 43.5 Å². The van der Waals surface area contributed by atoms with Crippen LogP contribution in [0.3, 0.4) is 0 Å². The molecule has 1 saturated carbocycles. The summed E-state index contributed by atoms with van der Waals surface area (Å²) in [5.41, 5.74) is 1.59. The number of guanidine groups is 1. The standard InChI is InChI=1S/C22H37N3O2.HI/c1-6-23-20(25-17-22(12-7-13-22)14-15-26-4)24-16-21(2,3)18-8-10-19(27-5)11-9-18;/h8-11H,6-7,12-17H2,1-5H3,(H2,23,24,25);1H.